The van der Waals surface area contributed by atoms with E-state index in [1.54, 1.807) is 19.1 Å². The molecular formula is C21H25N7O5. The van der Waals surface area contributed by atoms with Crippen molar-refractivity contribution in [3.05, 3.63) is 56.6 Å². The lowest BCUT2D eigenvalue weighted by molar-refractivity contribution is 0.0382. The summed E-state index contributed by atoms with van der Waals surface area (Å²) in [5.41, 5.74) is 0.0654. The van der Waals surface area contributed by atoms with Crippen molar-refractivity contribution >= 4 is 5.91 Å². The molecule has 0 unspecified atom stereocenters. The van der Waals surface area contributed by atoms with Gasteiger partial charge in [0.25, 0.3) is 5.56 Å². The van der Waals surface area contributed by atoms with Crippen LogP contribution < -0.4 is 16.6 Å². The molecule has 0 spiro atoms. The summed E-state index contributed by atoms with van der Waals surface area (Å²) < 4.78 is 12.5. The molecule has 1 amide bonds. The number of carbonyl (C=O) groups excluding carboxylic acids is 1. The SMILES string of the molecule is CCn1c(=O)c(-c2noc(C(=O)NCCN3CCOCC3)n2)nn(-c2ccc(C)cc2)c1=O. The van der Waals surface area contributed by atoms with Crippen molar-refractivity contribution in [2.75, 3.05) is 39.4 Å². The first-order valence-corrected chi connectivity index (χ1v) is 10.7. The van der Waals surface area contributed by atoms with Crippen LogP contribution >= 0.6 is 0 Å². The highest BCUT2D eigenvalue weighted by atomic mass is 16.5. The summed E-state index contributed by atoms with van der Waals surface area (Å²) in [6.45, 7) is 7.77. The fourth-order valence-electron chi connectivity index (χ4n) is 3.43. The number of rotatable bonds is 7. The maximum atomic E-state index is 12.8. The highest BCUT2D eigenvalue weighted by Gasteiger charge is 2.22. The van der Waals surface area contributed by atoms with E-state index < -0.39 is 17.2 Å². The summed E-state index contributed by atoms with van der Waals surface area (Å²) >= 11 is 0. The Kier molecular flexibility index (Phi) is 6.75. The molecule has 174 valence electrons. The van der Waals surface area contributed by atoms with Crippen LogP contribution in [-0.2, 0) is 11.3 Å². The van der Waals surface area contributed by atoms with Crippen LogP contribution in [0.2, 0.25) is 0 Å². The second kappa shape index (κ2) is 9.88. The molecule has 12 nitrogen and oxygen atoms in total. The van der Waals surface area contributed by atoms with Crippen LogP contribution in [-0.4, -0.2) is 74.7 Å². The third kappa shape index (κ3) is 4.91. The van der Waals surface area contributed by atoms with E-state index >= 15 is 0 Å². The van der Waals surface area contributed by atoms with Crippen molar-refractivity contribution in [3.63, 3.8) is 0 Å². The highest BCUT2D eigenvalue weighted by Crippen LogP contribution is 2.11. The molecule has 2 aromatic heterocycles. The van der Waals surface area contributed by atoms with Gasteiger partial charge in [-0.2, -0.15) is 14.8 Å². The van der Waals surface area contributed by atoms with Crippen molar-refractivity contribution in [1.29, 1.82) is 0 Å². The number of amides is 1. The first-order valence-electron chi connectivity index (χ1n) is 10.7. The lowest BCUT2D eigenvalue weighted by atomic mass is 10.2. The van der Waals surface area contributed by atoms with Gasteiger partial charge in [0.05, 0.1) is 18.9 Å². The van der Waals surface area contributed by atoms with Crippen LogP contribution in [0.4, 0.5) is 0 Å². The zero-order valence-corrected chi connectivity index (χ0v) is 18.5. The maximum absolute atomic E-state index is 12.8. The zero-order valence-electron chi connectivity index (χ0n) is 18.5. The summed E-state index contributed by atoms with van der Waals surface area (Å²) in [4.78, 5) is 44.2. The quantitative estimate of drug-likeness (QED) is 0.515. The monoisotopic (exact) mass is 455 g/mol. The van der Waals surface area contributed by atoms with E-state index in [1.807, 2.05) is 19.1 Å². The van der Waals surface area contributed by atoms with Crippen LogP contribution in [0.1, 0.15) is 23.2 Å². The molecule has 1 fully saturated rings. The van der Waals surface area contributed by atoms with Crippen molar-refractivity contribution < 1.29 is 14.1 Å². The number of morpholine rings is 1. The maximum Gasteiger partial charge on any atom is 0.352 e. The average Bonchev–Trinajstić information content (AvgIpc) is 3.31. The number of carbonyl (C=O) groups is 1. The standard InChI is InChI=1S/C21H25N7O5/c1-3-27-20(30)16(24-28(21(27)31)15-6-4-14(2)5-7-15)17-23-19(33-25-17)18(29)22-8-9-26-10-12-32-13-11-26/h4-7H,3,8-13H2,1-2H3,(H,22,29). The van der Waals surface area contributed by atoms with Crippen molar-refractivity contribution in [3.8, 4) is 17.2 Å². The van der Waals surface area contributed by atoms with E-state index in [9.17, 15) is 14.4 Å². The number of aryl methyl sites for hydroxylation is 1. The van der Waals surface area contributed by atoms with Gasteiger partial charge in [0.1, 0.15) is 0 Å². The third-order valence-electron chi connectivity index (χ3n) is 5.30. The largest absolute Gasteiger partial charge is 0.379 e. The van der Waals surface area contributed by atoms with Gasteiger partial charge in [-0.3, -0.25) is 19.1 Å². The Morgan fingerprint density at radius 3 is 2.58 bits per heavy atom. The molecule has 1 aromatic carbocycles. The Hall–Kier alpha value is -3.64. The molecule has 1 aliphatic rings. The van der Waals surface area contributed by atoms with E-state index in [2.05, 4.69) is 25.5 Å². The average molecular weight is 455 g/mol. The highest BCUT2D eigenvalue weighted by molar-refractivity contribution is 5.89. The molecular weight excluding hydrogens is 430 g/mol. The van der Waals surface area contributed by atoms with Gasteiger partial charge in [0, 0.05) is 32.7 Å². The fraction of sp³-hybridized carbons (Fsp3) is 0.429. The minimum atomic E-state index is -0.661. The number of hydrogen-bond donors (Lipinski definition) is 1. The summed E-state index contributed by atoms with van der Waals surface area (Å²) in [5, 5.41) is 10.7. The van der Waals surface area contributed by atoms with Gasteiger partial charge in [0.15, 0.2) is 5.69 Å². The van der Waals surface area contributed by atoms with Gasteiger partial charge in [-0.1, -0.05) is 22.9 Å². The van der Waals surface area contributed by atoms with Gasteiger partial charge >= 0.3 is 17.5 Å². The Balaban J connectivity index is 1.57. The second-order valence-electron chi connectivity index (χ2n) is 7.56. The minimum absolute atomic E-state index is 0.131. The summed E-state index contributed by atoms with van der Waals surface area (Å²) in [5.74, 6) is -1.00. The van der Waals surface area contributed by atoms with E-state index in [1.165, 1.54) is 0 Å². The van der Waals surface area contributed by atoms with Crippen LogP contribution in [0.5, 0.6) is 0 Å². The number of nitrogens with one attached hydrogen (secondary N) is 1. The van der Waals surface area contributed by atoms with Crippen molar-refractivity contribution in [2.24, 2.45) is 0 Å². The minimum Gasteiger partial charge on any atom is -0.379 e. The Bertz CT molecular complexity index is 1240. The predicted octanol–water partition coefficient (Wildman–Crippen LogP) is -0.165. The molecule has 1 N–H and O–H groups in total. The predicted molar refractivity (Wildman–Crippen MR) is 117 cm³/mol. The van der Waals surface area contributed by atoms with Crippen molar-refractivity contribution in [2.45, 2.75) is 20.4 Å². The molecule has 33 heavy (non-hydrogen) atoms. The van der Waals surface area contributed by atoms with E-state index in [0.717, 1.165) is 27.9 Å². The second-order valence-corrected chi connectivity index (χ2v) is 7.56. The summed E-state index contributed by atoms with van der Waals surface area (Å²) in [6, 6.07) is 7.11. The van der Waals surface area contributed by atoms with E-state index in [4.69, 9.17) is 9.26 Å². The van der Waals surface area contributed by atoms with Crippen LogP contribution in [0, 0.1) is 6.92 Å². The number of aromatic nitrogens is 5. The van der Waals surface area contributed by atoms with Crippen LogP contribution in [0.25, 0.3) is 17.2 Å². The number of benzene rings is 1. The first kappa shape index (κ1) is 22.6. The number of hydrogen-bond acceptors (Lipinski definition) is 9. The molecule has 0 radical (unpaired) electrons. The smallest absolute Gasteiger partial charge is 0.352 e. The first-order chi connectivity index (χ1) is 16.0. The third-order valence-corrected chi connectivity index (χ3v) is 5.30. The molecule has 3 aromatic rings. The molecule has 1 aliphatic heterocycles. The zero-order chi connectivity index (χ0) is 23.4. The van der Waals surface area contributed by atoms with Gasteiger partial charge in [-0.25, -0.2) is 4.79 Å². The molecule has 0 saturated carbocycles. The topological polar surface area (TPSA) is 137 Å². The Morgan fingerprint density at radius 2 is 1.88 bits per heavy atom. The van der Waals surface area contributed by atoms with Crippen LogP contribution in [0.15, 0.2) is 38.4 Å². The Labute approximate surface area is 188 Å². The van der Waals surface area contributed by atoms with Crippen molar-refractivity contribution in [1.82, 2.24) is 34.7 Å². The number of ether oxygens (including phenoxy) is 1. The van der Waals surface area contributed by atoms with Gasteiger partial charge < -0.3 is 14.6 Å². The molecule has 4 rings (SSSR count). The fourth-order valence-corrected chi connectivity index (χ4v) is 3.43. The van der Waals surface area contributed by atoms with Gasteiger partial charge in [-0.05, 0) is 26.0 Å². The van der Waals surface area contributed by atoms with E-state index in [-0.39, 0.29) is 24.0 Å². The van der Waals surface area contributed by atoms with Gasteiger partial charge in [-0.15, -0.1) is 0 Å². The summed E-state index contributed by atoms with van der Waals surface area (Å²) in [7, 11) is 0. The number of nitrogens with zero attached hydrogens (tertiary/aromatic N) is 6. The molecule has 0 atom stereocenters. The molecule has 0 bridgehead atoms. The molecule has 3 heterocycles. The molecule has 1 saturated heterocycles. The molecule has 12 heteroatoms. The summed E-state index contributed by atoms with van der Waals surface area (Å²) in [6.07, 6.45) is 0. The molecule has 0 aliphatic carbocycles. The normalized spacial score (nSPS) is 14.4. The van der Waals surface area contributed by atoms with Gasteiger partial charge in [0.2, 0.25) is 5.82 Å². The van der Waals surface area contributed by atoms with E-state index in [0.29, 0.717) is 32.0 Å². The Morgan fingerprint density at radius 1 is 1.15 bits per heavy atom. The lowest BCUT2D eigenvalue weighted by Gasteiger charge is -2.26. The lowest BCUT2D eigenvalue weighted by Crippen LogP contribution is -2.41. The van der Waals surface area contributed by atoms with Crippen LogP contribution in [0.3, 0.4) is 0 Å².